The van der Waals surface area contributed by atoms with Crippen LogP contribution in [0.4, 0.5) is 44.2 Å². The van der Waals surface area contributed by atoms with Crippen molar-refractivity contribution in [2.45, 2.75) is 59.7 Å². The van der Waals surface area contributed by atoms with Crippen molar-refractivity contribution in [1.82, 2.24) is 57.8 Å². The molecule has 104 heavy (non-hydrogen) atoms. The number of carbonyl (C=O) groups excluding carboxylic acids is 3. The van der Waals surface area contributed by atoms with E-state index < -0.39 is 35.2 Å². The number of amides is 3. The molecule has 0 saturated heterocycles. The Morgan fingerprint density at radius 3 is 1.24 bits per heavy atom. The average molecular weight is 1460 g/mol. The maximum atomic E-state index is 15.0. The molecule has 3 N–H and O–H groups in total. The van der Waals surface area contributed by atoms with Crippen LogP contribution in [0.3, 0.4) is 0 Å². The second kappa shape index (κ2) is 29.1. The van der Waals surface area contributed by atoms with Crippen molar-refractivity contribution in [2.24, 2.45) is 0 Å². The van der Waals surface area contributed by atoms with E-state index in [1.54, 1.807) is 104 Å². The predicted molar refractivity (Wildman–Crippen MR) is 382 cm³/mol. The molecule has 0 bridgehead atoms. The van der Waals surface area contributed by atoms with Gasteiger partial charge in [-0.1, -0.05) is 35.3 Å². The maximum Gasteiger partial charge on any atom is 0.256 e. The highest BCUT2D eigenvalue weighted by Gasteiger charge is 2.28. The summed E-state index contributed by atoms with van der Waals surface area (Å²) in [6.45, 7) is 7.72. The molecule has 29 heteroatoms. The quantitative estimate of drug-likeness (QED) is 0.0814. The smallest absolute Gasteiger partial charge is 0.256 e. The maximum absolute atomic E-state index is 15.0. The molecule has 6 aromatic carbocycles. The van der Waals surface area contributed by atoms with Crippen molar-refractivity contribution in [2.75, 3.05) is 78.1 Å². The van der Waals surface area contributed by atoms with E-state index in [1.807, 2.05) is 27.0 Å². The highest BCUT2D eigenvalue weighted by molar-refractivity contribution is 6.34. The van der Waals surface area contributed by atoms with E-state index in [1.165, 1.54) is 75.6 Å². The second-order valence-electron chi connectivity index (χ2n) is 25.5. The molecule has 3 aliphatic heterocycles. The third-order valence-electron chi connectivity index (χ3n) is 17.8. The SMILES string of the molecule is Cc1cn2c(NCc3c(F)ccc4c3CCO4)ncc(-c3cc(F)c(C(=O)N(C)C)cc3Cl)c2n1.Cc1cn2c(NCc3c(F)ccc4c3CCO4)ncc(-c3ccc(C(=O)N(C)C)c(F)c3)c2n1.Cc1cn2c(NCc3c(F)ccc4c3CCO4)ncc(-c3ccc(C(=O)N(C)C)c(F)c3Cl)c2n1. The summed E-state index contributed by atoms with van der Waals surface area (Å²) in [6, 6.07) is 19.1. The molecule has 0 fully saturated rings. The Hall–Kier alpha value is -11.5. The minimum absolute atomic E-state index is 0.00284. The van der Waals surface area contributed by atoms with Crippen molar-refractivity contribution in [1.29, 1.82) is 0 Å². The molecular formula is C75H67Cl2F6N15O6. The molecule has 0 unspecified atom stereocenters. The standard InChI is InChI=1S/2C25H22ClF2N5O2.C25H23F2N5O2/c1-13-12-33-23(31-13)18(15-9-21(28)16(8-19(15)26)24(34)32(2)3)11-30-25(33)29-10-17-14-6-7-35-22(14)5-4-20(17)27;1-13-12-33-23(31-13)18(15-4-5-16(22(28)21(15)26)24(34)32(2)3)11-30-25(33)29-10-17-14-8-9-35-20(14)7-6-19(17)27;1-14-13-32-23(30-14)18(15-4-5-17(21(27)10-15)24(33)31(2)3)11-28-25(32)29-12-19-16-8-9-34-22(16)7-6-20(19)26/h4-5,8-9,11-12H,6-7,10H2,1-3H3,(H,29,30);4-7,11-12H,8-10H2,1-3H3,(H,29,30);4-7,10-11,13H,8-9,12H2,1-3H3,(H,28,29). The van der Waals surface area contributed by atoms with Crippen LogP contribution in [-0.4, -0.2) is 138 Å². The Morgan fingerprint density at radius 2 is 0.817 bits per heavy atom. The molecule has 15 rings (SSSR count). The van der Waals surface area contributed by atoms with Gasteiger partial charge in [-0.25, -0.2) is 56.2 Å². The predicted octanol–water partition coefficient (Wildman–Crippen LogP) is 14.0. The van der Waals surface area contributed by atoms with Gasteiger partial charge in [0.25, 0.3) is 17.7 Å². The fourth-order valence-electron chi connectivity index (χ4n) is 12.7. The third kappa shape index (κ3) is 13.8. The summed E-state index contributed by atoms with van der Waals surface area (Å²) in [5.41, 5.74) is 10.5. The first kappa shape index (κ1) is 71.0. The summed E-state index contributed by atoms with van der Waals surface area (Å²) in [5.74, 6) is -0.947. The van der Waals surface area contributed by atoms with Crippen molar-refractivity contribution in [3.8, 4) is 50.6 Å². The van der Waals surface area contributed by atoms with Crippen LogP contribution >= 0.6 is 23.2 Å². The number of halogens is 8. The zero-order chi connectivity index (χ0) is 73.7. The van der Waals surface area contributed by atoms with Crippen LogP contribution in [0.5, 0.6) is 17.2 Å². The van der Waals surface area contributed by atoms with Gasteiger partial charge in [0.15, 0.2) is 5.82 Å². The highest BCUT2D eigenvalue weighted by Crippen LogP contribution is 2.39. The van der Waals surface area contributed by atoms with E-state index in [0.29, 0.717) is 153 Å². The second-order valence-corrected chi connectivity index (χ2v) is 26.3. The molecule has 0 spiro atoms. The number of nitrogens with zero attached hydrogens (tertiary/aromatic N) is 12. The zero-order valence-corrected chi connectivity index (χ0v) is 59.2. The molecule has 0 radical (unpaired) electrons. The summed E-state index contributed by atoms with van der Waals surface area (Å²) >= 11 is 12.8. The molecule has 0 aliphatic carbocycles. The number of imidazole rings is 3. The lowest BCUT2D eigenvalue weighted by molar-refractivity contribution is 0.0815. The van der Waals surface area contributed by atoms with E-state index in [9.17, 15) is 36.3 Å². The number of nitrogens with one attached hydrogen (secondary N) is 3. The molecule has 6 aromatic heterocycles. The van der Waals surface area contributed by atoms with E-state index in [4.69, 9.17) is 37.4 Å². The zero-order valence-electron chi connectivity index (χ0n) is 57.7. The van der Waals surface area contributed by atoms with Crippen LogP contribution in [-0.2, 0) is 38.9 Å². The van der Waals surface area contributed by atoms with Crippen molar-refractivity contribution in [3.63, 3.8) is 0 Å². The van der Waals surface area contributed by atoms with Crippen LogP contribution in [0.2, 0.25) is 10.0 Å². The summed E-state index contributed by atoms with van der Waals surface area (Å²) in [6.07, 6.45) is 12.0. The lowest BCUT2D eigenvalue weighted by Crippen LogP contribution is -2.23. The van der Waals surface area contributed by atoms with Gasteiger partial charge in [0.2, 0.25) is 17.8 Å². The normalized spacial score (nSPS) is 12.5. The van der Waals surface area contributed by atoms with Crippen LogP contribution in [0.25, 0.3) is 50.3 Å². The van der Waals surface area contributed by atoms with Crippen LogP contribution in [0.15, 0.2) is 116 Å². The molecule has 21 nitrogen and oxygen atoms in total. The Bertz CT molecular complexity index is 5290. The Kier molecular flexibility index (Phi) is 19.9. The number of ether oxygens (including phenoxy) is 3. The molecule has 0 saturated carbocycles. The van der Waals surface area contributed by atoms with Gasteiger partial charge in [-0.05, 0) is 93.1 Å². The molecule has 12 aromatic rings. The summed E-state index contributed by atoms with van der Waals surface area (Å²) in [5, 5.41) is 9.59. The first-order valence-corrected chi connectivity index (χ1v) is 33.6. The van der Waals surface area contributed by atoms with Crippen molar-refractivity contribution >= 4 is 75.7 Å². The van der Waals surface area contributed by atoms with Gasteiger partial charge < -0.3 is 44.9 Å². The Morgan fingerprint density at radius 1 is 0.442 bits per heavy atom. The molecule has 3 aliphatic rings. The number of carbonyl (C=O) groups is 3. The molecule has 534 valence electrons. The van der Waals surface area contributed by atoms with Crippen molar-refractivity contribution in [3.05, 3.63) is 228 Å². The monoisotopic (exact) mass is 1460 g/mol. The van der Waals surface area contributed by atoms with Gasteiger partial charge in [0.05, 0.1) is 58.6 Å². The van der Waals surface area contributed by atoms with Gasteiger partial charge in [-0.15, -0.1) is 0 Å². The molecular weight excluding hydrogens is 1390 g/mol. The van der Waals surface area contributed by atoms with E-state index in [0.717, 1.165) is 22.4 Å². The van der Waals surface area contributed by atoms with Gasteiger partial charge in [0.1, 0.15) is 63.3 Å². The molecule has 9 heterocycles. The van der Waals surface area contributed by atoms with Gasteiger partial charge in [-0.3, -0.25) is 27.6 Å². The van der Waals surface area contributed by atoms with Gasteiger partial charge in [-0.2, -0.15) is 0 Å². The first-order chi connectivity index (χ1) is 49.8. The van der Waals surface area contributed by atoms with E-state index in [-0.39, 0.29) is 63.8 Å². The fourth-order valence-corrected chi connectivity index (χ4v) is 13.2. The number of benzene rings is 6. The van der Waals surface area contributed by atoms with Crippen molar-refractivity contribution < 1.29 is 54.9 Å². The largest absolute Gasteiger partial charge is 0.493 e. The lowest BCUT2D eigenvalue weighted by atomic mass is 10.0. The third-order valence-corrected chi connectivity index (χ3v) is 18.5. The number of aromatic nitrogens is 9. The summed E-state index contributed by atoms with van der Waals surface area (Å²) in [7, 11) is 9.31. The Labute approximate surface area is 602 Å². The van der Waals surface area contributed by atoms with Crippen LogP contribution < -0.4 is 30.2 Å². The van der Waals surface area contributed by atoms with Crippen LogP contribution in [0.1, 0.15) is 81.5 Å². The average Bonchev–Trinajstić information content (AvgIpc) is 1.49. The minimum Gasteiger partial charge on any atom is -0.493 e. The van der Waals surface area contributed by atoms with E-state index >= 15 is 4.39 Å². The van der Waals surface area contributed by atoms with Gasteiger partial charge in [0, 0.05) is 185 Å². The number of hydrogen-bond acceptors (Lipinski definition) is 15. The number of anilines is 3. The lowest BCUT2D eigenvalue weighted by Gasteiger charge is -2.15. The number of hydrogen-bond donors (Lipinski definition) is 3. The molecule has 0 atom stereocenters. The van der Waals surface area contributed by atoms with Crippen LogP contribution in [0, 0.1) is 55.7 Å². The number of fused-ring (bicyclic) bond motifs is 6. The summed E-state index contributed by atoms with van der Waals surface area (Å²) in [4.78, 5) is 67.8. The highest BCUT2D eigenvalue weighted by atomic mass is 35.5. The van der Waals surface area contributed by atoms with E-state index in [2.05, 4.69) is 45.9 Å². The molecule has 3 amide bonds. The topological polar surface area (TPSA) is 215 Å². The van der Waals surface area contributed by atoms with Gasteiger partial charge >= 0.3 is 0 Å². The first-order valence-electron chi connectivity index (χ1n) is 32.8. The minimum atomic E-state index is -0.804. The Balaban J connectivity index is 0.000000139. The summed E-state index contributed by atoms with van der Waals surface area (Å²) < 4.78 is 110. The fraction of sp³-hybridized carbons (Fsp3) is 0.240. The number of rotatable bonds is 15. The number of aryl methyl sites for hydroxylation is 3.